The van der Waals surface area contributed by atoms with Crippen molar-refractivity contribution in [3.8, 4) is 11.1 Å². The second-order valence-electron chi connectivity index (χ2n) is 5.53. The highest BCUT2D eigenvalue weighted by atomic mass is 19.3. The van der Waals surface area contributed by atoms with E-state index in [-0.39, 0.29) is 17.9 Å². The van der Waals surface area contributed by atoms with Gasteiger partial charge < -0.3 is 5.32 Å². The Morgan fingerprint density at radius 2 is 1.80 bits per heavy atom. The fourth-order valence-corrected chi connectivity index (χ4v) is 2.53. The molecule has 0 fully saturated rings. The van der Waals surface area contributed by atoms with E-state index in [0.29, 0.717) is 27.2 Å². The summed E-state index contributed by atoms with van der Waals surface area (Å²) < 4.78 is 53.9. The molecule has 7 heteroatoms. The molecule has 0 aliphatic carbocycles. The Bertz CT molecular complexity index is 890. The molecule has 130 valence electrons. The molecule has 3 nitrogen and oxygen atoms in total. The Morgan fingerprint density at radius 3 is 2.44 bits per heavy atom. The number of hydrogen-bond donors (Lipinski definition) is 1. The Hall–Kier alpha value is -2.83. The van der Waals surface area contributed by atoms with Gasteiger partial charge in [-0.3, -0.25) is 0 Å². The van der Waals surface area contributed by atoms with Crippen LogP contribution in [-0.2, 0) is 6.54 Å². The van der Waals surface area contributed by atoms with Gasteiger partial charge in [0.25, 0.3) is 0 Å². The first-order valence-corrected chi connectivity index (χ1v) is 7.57. The van der Waals surface area contributed by atoms with Gasteiger partial charge in [-0.05, 0) is 31.2 Å². The van der Waals surface area contributed by atoms with Gasteiger partial charge in [-0.1, -0.05) is 18.2 Å². The standard InChI is InChI=1S/C18H15F4N3/c1-11-15(10-25(24-11)18(21)22)14-7-6-13(8-17(14)20)23-9-12-4-2-3-5-16(12)19/h2-8,10,18,23H,9H2,1H3. The second-order valence-corrected chi connectivity index (χ2v) is 5.53. The van der Waals surface area contributed by atoms with Gasteiger partial charge >= 0.3 is 6.55 Å². The molecule has 3 aromatic rings. The summed E-state index contributed by atoms with van der Waals surface area (Å²) in [4.78, 5) is 0. The number of benzene rings is 2. The van der Waals surface area contributed by atoms with Gasteiger partial charge in [-0.2, -0.15) is 13.9 Å². The van der Waals surface area contributed by atoms with Gasteiger partial charge in [0.2, 0.25) is 0 Å². The van der Waals surface area contributed by atoms with Crippen molar-refractivity contribution in [1.29, 1.82) is 0 Å². The molecule has 0 saturated carbocycles. The van der Waals surface area contributed by atoms with E-state index in [1.165, 1.54) is 25.1 Å². The summed E-state index contributed by atoms with van der Waals surface area (Å²) in [6.45, 7) is -1.04. The molecule has 3 rings (SSSR count). The number of nitrogens with one attached hydrogen (secondary N) is 1. The highest BCUT2D eigenvalue weighted by molar-refractivity contribution is 5.68. The minimum absolute atomic E-state index is 0.181. The smallest absolute Gasteiger partial charge is 0.333 e. The van der Waals surface area contributed by atoms with Crippen molar-refractivity contribution in [2.75, 3.05) is 5.32 Å². The van der Waals surface area contributed by atoms with E-state index < -0.39 is 12.4 Å². The molecular weight excluding hydrogens is 334 g/mol. The van der Waals surface area contributed by atoms with Crippen LogP contribution in [0.25, 0.3) is 11.1 Å². The number of halogens is 4. The third kappa shape index (κ3) is 3.65. The number of aromatic nitrogens is 2. The van der Waals surface area contributed by atoms with Crippen LogP contribution in [0.4, 0.5) is 23.2 Å². The Kier molecular flexibility index (Phi) is 4.74. The largest absolute Gasteiger partial charge is 0.381 e. The average Bonchev–Trinajstić information content (AvgIpc) is 2.96. The topological polar surface area (TPSA) is 29.9 Å². The van der Waals surface area contributed by atoms with Crippen molar-refractivity contribution in [3.63, 3.8) is 0 Å². The molecule has 25 heavy (non-hydrogen) atoms. The van der Waals surface area contributed by atoms with Gasteiger partial charge in [0.05, 0.1) is 5.69 Å². The lowest BCUT2D eigenvalue weighted by atomic mass is 10.1. The van der Waals surface area contributed by atoms with Crippen LogP contribution in [0.3, 0.4) is 0 Å². The summed E-state index contributed by atoms with van der Waals surface area (Å²) in [5.74, 6) is -0.919. The fourth-order valence-electron chi connectivity index (χ4n) is 2.53. The van der Waals surface area contributed by atoms with Crippen molar-refractivity contribution in [3.05, 3.63) is 71.6 Å². The first-order chi connectivity index (χ1) is 12.0. The number of nitrogens with zero attached hydrogens (tertiary/aromatic N) is 2. The van der Waals surface area contributed by atoms with E-state index >= 15 is 0 Å². The summed E-state index contributed by atoms with van der Waals surface area (Å²) in [5.41, 5.74) is 1.72. The van der Waals surface area contributed by atoms with Crippen LogP contribution in [0.15, 0.2) is 48.7 Å². The Balaban J connectivity index is 1.80. The molecule has 0 amide bonds. The zero-order chi connectivity index (χ0) is 18.0. The molecule has 0 atom stereocenters. The van der Waals surface area contributed by atoms with Crippen molar-refractivity contribution >= 4 is 5.69 Å². The average molecular weight is 349 g/mol. The van der Waals surface area contributed by atoms with Crippen molar-refractivity contribution in [1.82, 2.24) is 9.78 Å². The number of aryl methyl sites for hydroxylation is 1. The zero-order valence-corrected chi connectivity index (χ0v) is 13.3. The van der Waals surface area contributed by atoms with E-state index in [9.17, 15) is 17.6 Å². The second kappa shape index (κ2) is 6.96. The SMILES string of the molecule is Cc1nn(C(F)F)cc1-c1ccc(NCc2ccccc2F)cc1F. The number of hydrogen-bond acceptors (Lipinski definition) is 2. The lowest BCUT2D eigenvalue weighted by Crippen LogP contribution is -2.02. The van der Waals surface area contributed by atoms with Gasteiger partial charge in [0.1, 0.15) is 11.6 Å². The van der Waals surface area contributed by atoms with Gasteiger partial charge in [-0.15, -0.1) is 0 Å². The molecule has 1 N–H and O–H groups in total. The van der Waals surface area contributed by atoms with Gasteiger partial charge in [0.15, 0.2) is 0 Å². The Labute approximate surface area is 141 Å². The molecule has 0 saturated heterocycles. The van der Waals surface area contributed by atoms with E-state index in [2.05, 4.69) is 10.4 Å². The van der Waals surface area contributed by atoms with Crippen LogP contribution in [0, 0.1) is 18.6 Å². The first-order valence-electron chi connectivity index (χ1n) is 7.57. The number of anilines is 1. The minimum Gasteiger partial charge on any atom is -0.381 e. The number of rotatable bonds is 5. The molecule has 0 spiro atoms. The summed E-state index contributed by atoms with van der Waals surface area (Å²) in [5, 5.41) is 6.62. The van der Waals surface area contributed by atoms with Crippen LogP contribution in [0.2, 0.25) is 0 Å². The predicted octanol–water partition coefficient (Wildman–Crippen LogP) is 5.14. The number of alkyl halides is 2. The molecule has 1 heterocycles. The molecule has 0 aliphatic rings. The zero-order valence-electron chi connectivity index (χ0n) is 13.3. The summed E-state index contributed by atoms with van der Waals surface area (Å²) in [7, 11) is 0. The Morgan fingerprint density at radius 1 is 1.04 bits per heavy atom. The van der Waals surface area contributed by atoms with E-state index in [1.807, 2.05) is 0 Å². The lowest BCUT2D eigenvalue weighted by Gasteiger charge is -2.09. The molecular formula is C18H15F4N3. The predicted molar refractivity (Wildman–Crippen MR) is 87.3 cm³/mol. The third-order valence-electron chi connectivity index (χ3n) is 3.82. The molecule has 0 aliphatic heterocycles. The normalized spacial score (nSPS) is 11.1. The molecule has 2 aromatic carbocycles. The van der Waals surface area contributed by atoms with Crippen LogP contribution in [-0.4, -0.2) is 9.78 Å². The maximum Gasteiger partial charge on any atom is 0.333 e. The van der Waals surface area contributed by atoms with E-state index in [1.54, 1.807) is 24.3 Å². The van der Waals surface area contributed by atoms with Gasteiger partial charge in [0, 0.05) is 35.1 Å². The summed E-state index contributed by atoms with van der Waals surface area (Å²) >= 11 is 0. The summed E-state index contributed by atoms with van der Waals surface area (Å²) in [6, 6.07) is 10.6. The lowest BCUT2D eigenvalue weighted by molar-refractivity contribution is 0.0563. The van der Waals surface area contributed by atoms with Crippen LogP contribution < -0.4 is 5.32 Å². The quantitative estimate of drug-likeness (QED) is 0.646. The van der Waals surface area contributed by atoms with Crippen molar-refractivity contribution < 1.29 is 17.6 Å². The van der Waals surface area contributed by atoms with Crippen LogP contribution >= 0.6 is 0 Å². The highest BCUT2D eigenvalue weighted by Gasteiger charge is 2.16. The van der Waals surface area contributed by atoms with Crippen LogP contribution in [0.5, 0.6) is 0 Å². The third-order valence-corrected chi connectivity index (χ3v) is 3.82. The monoisotopic (exact) mass is 349 g/mol. The molecule has 0 radical (unpaired) electrons. The molecule has 1 aromatic heterocycles. The maximum absolute atomic E-state index is 14.4. The molecule has 0 unspecified atom stereocenters. The van der Waals surface area contributed by atoms with Gasteiger partial charge in [-0.25, -0.2) is 13.5 Å². The first kappa shape index (κ1) is 17.0. The summed E-state index contributed by atoms with van der Waals surface area (Å²) in [6.07, 6.45) is 1.12. The minimum atomic E-state index is -2.78. The highest BCUT2D eigenvalue weighted by Crippen LogP contribution is 2.29. The van der Waals surface area contributed by atoms with E-state index in [0.717, 1.165) is 6.20 Å². The van der Waals surface area contributed by atoms with Crippen molar-refractivity contribution in [2.45, 2.75) is 20.0 Å². The molecule has 0 bridgehead atoms. The van der Waals surface area contributed by atoms with E-state index in [4.69, 9.17) is 0 Å². The fraction of sp³-hybridized carbons (Fsp3) is 0.167. The van der Waals surface area contributed by atoms with Crippen LogP contribution in [0.1, 0.15) is 17.8 Å². The van der Waals surface area contributed by atoms with Crippen molar-refractivity contribution in [2.24, 2.45) is 0 Å². The maximum atomic E-state index is 14.4.